The van der Waals surface area contributed by atoms with Gasteiger partial charge in [-0.3, -0.25) is 9.59 Å². The van der Waals surface area contributed by atoms with E-state index in [1.807, 2.05) is 37.3 Å². The second-order valence-electron chi connectivity index (χ2n) is 5.34. The molecule has 2 rings (SSSR count). The SMILES string of the molecule is CCC(=O)N1CCCC[C@H]1C(=O)NCC#Cc1ccccc1. The topological polar surface area (TPSA) is 49.4 Å². The Balaban J connectivity index is 1.88. The molecule has 1 aliphatic heterocycles. The molecule has 1 fully saturated rings. The minimum Gasteiger partial charge on any atom is -0.343 e. The second kappa shape index (κ2) is 8.23. The zero-order valence-corrected chi connectivity index (χ0v) is 13.0. The maximum Gasteiger partial charge on any atom is 0.243 e. The van der Waals surface area contributed by atoms with Gasteiger partial charge in [0, 0.05) is 18.5 Å². The first-order chi connectivity index (χ1) is 10.7. The van der Waals surface area contributed by atoms with E-state index in [2.05, 4.69) is 17.2 Å². The van der Waals surface area contributed by atoms with Crippen LogP contribution in [-0.2, 0) is 9.59 Å². The molecule has 0 saturated carbocycles. The predicted octanol–water partition coefficient (Wildman–Crippen LogP) is 1.95. The van der Waals surface area contributed by atoms with Crippen LogP contribution in [0.1, 0.15) is 38.2 Å². The maximum atomic E-state index is 12.3. The van der Waals surface area contributed by atoms with Crippen LogP contribution >= 0.6 is 0 Å². The first-order valence-corrected chi connectivity index (χ1v) is 7.83. The van der Waals surface area contributed by atoms with Crippen LogP contribution in [0.3, 0.4) is 0 Å². The van der Waals surface area contributed by atoms with Gasteiger partial charge in [0.15, 0.2) is 0 Å². The number of nitrogens with one attached hydrogen (secondary N) is 1. The third-order valence-corrected chi connectivity index (χ3v) is 3.79. The first kappa shape index (κ1) is 16.1. The van der Waals surface area contributed by atoms with Crippen molar-refractivity contribution in [2.45, 2.75) is 38.6 Å². The van der Waals surface area contributed by atoms with Gasteiger partial charge in [-0.05, 0) is 31.4 Å². The molecular formula is C18H22N2O2. The van der Waals surface area contributed by atoms with Gasteiger partial charge in [-0.1, -0.05) is 37.0 Å². The summed E-state index contributed by atoms with van der Waals surface area (Å²) in [5, 5.41) is 2.83. The highest BCUT2D eigenvalue weighted by Crippen LogP contribution is 2.18. The average molecular weight is 298 g/mol. The molecule has 1 aromatic carbocycles. The molecule has 1 saturated heterocycles. The fourth-order valence-electron chi connectivity index (χ4n) is 2.62. The number of amides is 2. The standard InChI is InChI=1S/C18H22N2O2/c1-2-17(21)20-14-7-6-12-16(20)18(22)19-13-8-11-15-9-4-3-5-10-15/h3-5,9-10,16H,2,6-7,12-14H2,1H3,(H,19,22)/t16-/m0/s1. The molecule has 1 aliphatic rings. The molecule has 0 spiro atoms. The van der Waals surface area contributed by atoms with Crippen molar-refractivity contribution in [2.75, 3.05) is 13.1 Å². The lowest BCUT2D eigenvalue weighted by Crippen LogP contribution is -2.51. The molecule has 0 bridgehead atoms. The number of benzene rings is 1. The van der Waals surface area contributed by atoms with Crippen molar-refractivity contribution in [1.82, 2.24) is 10.2 Å². The van der Waals surface area contributed by atoms with Gasteiger partial charge in [-0.25, -0.2) is 0 Å². The van der Waals surface area contributed by atoms with Crippen molar-refractivity contribution in [3.05, 3.63) is 35.9 Å². The molecule has 4 nitrogen and oxygen atoms in total. The monoisotopic (exact) mass is 298 g/mol. The van der Waals surface area contributed by atoms with Gasteiger partial charge in [-0.15, -0.1) is 0 Å². The molecule has 0 aliphatic carbocycles. The van der Waals surface area contributed by atoms with E-state index in [1.54, 1.807) is 4.90 Å². The summed E-state index contributed by atoms with van der Waals surface area (Å²) < 4.78 is 0. The number of hydrogen-bond donors (Lipinski definition) is 1. The average Bonchev–Trinajstić information content (AvgIpc) is 2.58. The van der Waals surface area contributed by atoms with E-state index < -0.39 is 0 Å². The van der Waals surface area contributed by atoms with Crippen LogP contribution in [0, 0.1) is 11.8 Å². The molecule has 116 valence electrons. The van der Waals surface area contributed by atoms with E-state index in [4.69, 9.17) is 0 Å². The van der Waals surface area contributed by atoms with Crippen molar-refractivity contribution >= 4 is 11.8 Å². The Kier molecular flexibility index (Phi) is 6.02. The van der Waals surface area contributed by atoms with E-state index in [1.165, 1.54) is 0 Å². The van der Waals surface area contributed by atoms with E-state index in [9.17, 15) is 9.59 Å². The molecule has 4 heteroatoms. The van der Waals surface area contributed by atoms with Crippen molar-refractivity contribution in [3.8, 4) is 11.8 Å². The first-order valence-electron chi connectivity index (χ1n) is 7.83. The van der Waals surface area contributed by atoms with Crippen LogP contribution in [0.5, 0.6) is 0 Å². The van der Waals surface area contributed by atoms with Crippen LogP contribution in [-0.4, -0.2) is 35.8 Å². The van der Waals surface area contributed by atoms with Crippen LogP contribution in [0.25, 0.3) is 0 Å². The Bertz CT molecular complexity index is 572. The molecule has 0 aromatic heterocycles. The van der Waals surface area contributed by atoms with E-state index >= 15 is 0 Å². The summed E-state index contributed by atoms with van der Waals surface area (Å²) in [5.41, 5.74) is 0.928. The van der Waals surface area contributed by atoms with Crippen LogP contribution in [0.15, 0.2) is 30.3 Å². The number of carbonyl (C=O) groups is 2. The minimum absolute atomic E-state index is 0.0511. The normalized spacial score (nSPS) is 17.3. The van der Waals surface area contributed by atoms with Gasteiger partial charge < -0.3 is 10.2 Å². The predicted molar refractivity (Wildman–Crippen MR) is 86.0 cm³/mol. The fraction of sp³-hybridized carbons (Fsp3) is 0.444. The summed E-state index contributed by atoms with van der Waals surface area (Å²) in [6.45, 7) is 2.82. The lowest BCUT2D eigenvalue weighted by atomic mass is 10.0. The zero-order chi connectivity index (χ0) is 15.8. The van der Waals surface area contributed by atoms with Crippen molar-refractivity contribution in [2.24, 2.45) is 0 Å². The third kappa shape index (κ3) is 4.36. The van der Waals surface area contributed by atoms with Crippen molar-refractivity contribution < 1.29 is 9.59 Å². The lowest BCUT2D eigenvalue weighted by Gasteiger charge is -2.34. The maximum absolute atomic E-state index is 12.3. The van der Waals surface area contributed by atoms with Crippen molar-refractivity contribution in [3.63, 3.8) is 0 Å². The summed E-state index contributed by atoms with van der Waals surface area (Å²) >= 11 is 0. The van der Waals surface area contributed by atoms with Crippen molar-refractivity contribution in [1.29, 1.82) is 0 Å². The number of nitrogens with zero attached hydrogens (tertiary/aromatic N) is 1. The molecule has 22 heavy (non-hydrogen) atoms. The van der Waals surface area contributed by atoms with Gasteiger partial charge in [0.05, 0.1) is 6.54 Å². The van der Waals surface area contributed by atoms with Gasteiger partial charge in [0.1, 0.15) is 6.04 Å². The fourth-order valence-corrected chi connectivity index (χ4v) is 2.62. The van der Waals surface area contributed by atoms with Gasteiger partial charge in [0.2, 0.25) is 11.8 Å². The van der Waals surface area contributed by atoms with E-state index in [0.29, 0.717) is 19.5 Å². The highest BCUT2D eigenvalue weighted by molar-refractivity contribution is 5.87. The van der Waals surface area contributed by atoms with E-state index in [-0.39, 0.29) is 17.9 Å². The molecule has 2 amide bonds. The number of hydrogen-bond acceptors (Lipinski definition) is 2. The largest absolute Gasteiger partial charge is 0.343 e. The lowest BCUT2D eigenvalue weighted by molar-refractivity contribution is -0.141. The Hall–Kier alpha value is -2.28. The summed E-state index contributed by atoms with van der Waals surface area (Å²) in [6.07, 6.45) is 3.14. The number of piperidine rings is 1. The molecular weight excluding hydrogens is 276 g/mol. The molecule has 1 heterocycles. The number of carbonyl (C=O) groups excluding carboxylic acids is 2. The Morgan fingerprint density at radius 3 is 2.77 bits per heavy atom. The molecule has 0 unspecified atom stereocenters. The molecule has 1 aromatic rings. The smallest absolute Gasteiger partial charge is 0.243 e. The Morgan fingerprint density at radius 2 is 2.05 bits per heavy atom. The van der Waals surface area contributed by atoms with Crippen LogP contribution in [0.2, 0.25) is 0 Å². The summed E-state index contributed by atoms with van der Waals surface area (Å²) in [7, 11) is 0. The number of rotatable bonds is 3. The van der Waals surface area contributed by atoms with Gasteiger partial charge in [-0.2, -0.15) is 0 Å². The highest BCUT2D eigenvalue weighted by atomic mass is 16.2. The minimum atomic E-state index is -0.334. The molecule has 1 N–H and O–H groups in total. The highest BCUT2D eigenvalue weighted by Gasteiger charge is 2.30. The summed E-state index contributed by atoms with van der Waals surface area (Å²) in [4.78, 5) is 25.9. The summed E-state index contributed by atoms with van der Waals surface area (Å²) in [5.74, 6) is 5.90. The van der Waals surface area contributed by atoms with Gasteiger partial charge in [0.25, 0.3) is 0 Å². The van der Waals surface area contributed by atoms with E-state index in [0.717, 1.165) is 24.8 Å². The molecule has 0 radical (unpaired) electrons. The quantitative estimate of drug-likeness (QED) is 0.867. The number of likely N-dealkylation sites (tertiary alicyclic amines) is 1. The third-order valence-electron chi connectivity index (χ3n) is 3.79. The Morgan fingerprint density at radius 1 is 1.27 bits per heavy atom. The van der Waals surface area contributed by atoms with Crippen LogP contribution in [0.4, 0.5) is 0 Å². The Labute approximate surface area is 131 Å². The molecule has 1 atom stereocenters. The van der Waals surface area contributed by atoms with Crippen LogP contribution < -0.4 is 5.32 Å². The van der Waals surface area contributed by atoms with Gasteiger partial charge >= 0.3 is 0 Å². The second-order valence-corrected chi connectivity index (χ2v) is 5.34. The summed E-state index contributed by atoms with van der Waals surface area (Å²) in [6, 6.07) is 9.32. The zero-order valence-electron chi connectivity index (χ0n) is 13.0.